The van der Waals surface area contributed by atoms with E-state index >= 15 is 0 Å². The van der Waals surface area contributed by atoms with Crippen LogP contribution < -0.4 is 5.32 Å². The average molecular weight is 363 g/mol. The van der Waals surface area contributed by atoms with Crippen molar-refractivity contribution < 1.29 is 19.1 Å². The van der Waals surface area contributed by atoms with Crippen LogP contribution in [0, 0.1) is 0 Å². The van der Waals surface area contributed by atoms with Crippen molar-refractivity contribution in [3.63, 3.8) is 0 Å². The Morgan fingerprint density at radius 2 is 1.81 bits per heavy atom. The van der Waals surface area contributed by atoms with Gasteiger partial charge in [-0.3, -0.25) is 4.98 Å². The summed E-state index contributed by atoms with van der Waals surface area (Å²) in [5.74, 6) is 0. The second kappa shape index (κ2) is 7.13. The van der Waals surface area contributed by atoms with E-state index < -0.39 is 28.9 Å². The lowest BCUT2D eigenvalue weighted by molar-refractivity contribution is 0.0260. The highest BCUT2D eigenvalue weighted by atomic mass is 16.6. The number of hydrogen-bond acceptors (Lipinski definition) is 5. The number of nitrogens with one attached hydrogen (secondary N) is 1. The number of hydrogen-bond donors (Lipinski definition) is 1. The van der Waals surface area contributed by atoms with Crippen molar-refractivity contribution >= 4 is 12.2 Å². The van der Waals surface area contributed by atoms with Gasteiger partial charge in [-0.05, 0) is 59.6 Å². The molecule has 2 rings (SSSR count). The maximum absolute atomic E-state index is 12.4. The minimum absolute atomic E-state index is 0.298. The third-order valence-electron chi connectivity index (χ3n) is 3.88. The summed E-state index contributed by atoms with van der Waals surface area (Å²) in [5, 5.41) is 2.96. The Morgan fingerprint density at radius 1 is 1.15 bits per heavy atom. The summed E-state index contributed by atoms with van der Waals surface area (Å²) >= 11 is 0. The first kappa shape index (κ1) is 20.0. The van der Waals surface area contributed by atoms with Crippen LogP contribution in [0.2, 0.25) is 0 Å². The van der Waals surface area contributed by atoms with Gasteiger partial charge in [-0.25, -0.2) is 9.59 Å². The van der Waals surface area contributed by atoms with Gasteiger partial charge in [0, 0.05) is 18.9 Å². The molecule has 1 unspecified atom stereocenters. The van der Waals surface area contributed by atoms with Crippen LogP contribution in [0.15, 0.2) is 24.5 Å². The van der Waals surface area contributed by atoms with E-state index in [1.807, 2.05) is 53.7 Å². The predicted octanol–water partition coefficient (Wildman–Crippen LogP) is 3.44. The van der Waals surface area contributed by atoms with Gasteiger partial charge in [-0.15, -0.1) is 0 Å². The summed E-state index contributed by atoms with van der Waals surface area (Å²) < 4.78 is 10.9. The third-order valence-corrected chi connectivity index (χ3v) is 3.88. The minimum Gasteiger partial charge on any atom is -0.444 e. The highest BCUT2D eigenvalue weighted by Crippen LogP contribution is 2.33. The van der Waals surface area contributed by atoms with Crippen molar-refractivity contribution in [2.75, 3.05) is 13.1 Å². The molecule has 0 radical (unpaired) electrons. The summed E-state index contributed by atoms with van der Waals surface area (Å²) in [6, 6.07) is 3.70. The van der Waals surface area contributed by atoms with Crippen LogP contribution >= 0.6 is 0 Å². The number of amides is 2. The monoisotopic (exact) mass is 363 g/mol. The number of ether oxygens (including phenoxy) is 2. The summed E-state index contributed by atoms with van der Waals surface area (Å²) in [7, 11) is 0. The van der Waals surface area contributed by atoms with Gasteiger partial charge in [-0.2, -0.15) is 0 Å². The first-order chi connectivity index (χ1) is 11.9. The van der Waals surface area contributed by atoms with Gasteiger partial charge in [0.15, 0.2) is 0 Å². The summed E-state index contributed by atoms with van der Waals surface area (Å²) in [6.07, 6.45) is 3.01. The first-order valence-corrected chi connectivity index (χ1v) is 8.80. The molecule has 1 aliphatic rings. The van der Waals surface area contributed by atoms with E-state index in [9.17, 15) is 9.59 Å². The summed E-state index contributed by atoms with van der Waals surface area (Å²) in [4.78, 5) is 30.6. The molecule has 1 saturated heterocycles. The van der Waals surface area contributed by atoms with E-state index in [0.717, 1.165) is 5.56 Å². The van der Waals surface area contributed by atoms with Crippen LogP contribution in [0.5, 0.6) is 0 Å². The van der Waals surface area contributed by atoms with E-state index in [1.165, 1.54) is 0 Å². The lowest BCUT2D eigenvalue weighted by atomic mass is 9.90. The van der Waals surface area contributed by atoms with Crippen LogP contribution in [-0.2, 0) is 15.0 Å². The number of rotatable bonds is 2. The fourth-order valence-corrected chi connectivity index (χ4v) is 2.85. The zero-order valence-corrected chi connectivity index (χ0v) is 16.5. The largest absolute Gasteiger partial charge is 0.444 e. The van der Waals surface area contributed by atoms with Crippen molar-refractivity contribution in [3.8, 4) is 0 Å². The number of likely N-dealkylation sites (tertiary alicyclic amines) is 1. The quantitative estimate of drug-likeness (QED) is 0.870. The SMILES string of the molecule is CC(C)(C)OC(=O)NC1(c2cccnc2)CCN(C(=O)OC(C)(C)C)C1. The lowest BCUT2D eigenvalue weighted by Crippen LogP contribution is -2.50. The number of alkyl carbamates (subject to hydrolysis) is 1. The van der Waals surface area contributed by atoms with Crippen molar-refractivity contribution in [2.45, 2.75) is 64.7 Å². The molecule has 0 bridgehead atoms. The fourth-order valence-electron chi connectivity index (χ4n) is 2.85. The summed E-state index contributed by atoms with van der Waals surface area (Å²) in [6.45, 7) is 11.7. The van der Waals surface area contributed by atoms with Gasteiger partial charge in [0.05, 0.1) is 12.1 Å². The number of aromatic nitrogens is 1. The van der Waals surface area contributed by atoms with Crippen molar-refractivity contribution in [2.24, 2.45) is 0 Å². The maximum atomic E-state index is 12.4. The minimum atomic E-state index is -0.756. The third kappa shape index (κ3) is 5.34. The Labute approximate surface area is 155 Å². The molecule has 2 heterocycles. The molecule has 1 fully saturated rings. The summed E-state index contributed by atoms with van der Waals surface area (Å²) in [5.41, 5.74) is -1.11. The molecular formula is C19H29N3O4. The lowest BCUT2D eigenvalue weighted by Gasteiger charge is -2.32. The molecule has 1 aromatic rings. The molecule has 0 aromatic carbocycles. The van der Waals surface area contributed by atoms with E-state index in [4.69, 9.17) is 9.47 Å². The first-order valence-electron chi connectivity index (χ1n) is 8.80. The van der Waals surface area contributed by atoms with Gasteiger partial charge < -0.3 is 19.7 Å². The van der Waals surface area contributed by atoms with E-state index in [0.29, 0.717) is 19.5 Å². The molecule has 1 N–H and O–H groups in total. The maximum Gasteiger partial charge on any atom is 0.410 e. The smallest absolute Gasteiger partial charge is 0.410 e. The number of nitrogens with zero attached hydrogens (tertiary/aromatic N) is 2. The standard InChI is InChI=1S/C19H29N3O4/c1-17(2,3)25-15(23)21-19(14-8-7-10-20-12-14)9-11-22(13-19)16(24)26-18(4,5)6/h7-8,10,12H,9,11,13H2,1-6H3,(H,21,23). The Kier molecular flexibility index (Phi) is 5.49. The zero-order chi connectivity index (χ0) is 19.6. The number of pyridine rings is 1. The Balaban J connectivity index is 2.22. The van der Waals surface area contributed by atoms with Crippen LogP contribution in [0.3, 0.4) is 0 Å². The molecular weight excluding hydrogens is 334 g/mol. The molecule has 144 valence electrons. The van der Waals surface area contributed by atoms with E-state index in [1.54, 1.807) is 17.3 Å². The highest BCUT2D eigenvalue weighted by molar-refractivity contribution is 5.71. The van der Waals surface area contributed by atoms with Crippen LogP contribution in [0.1, 0.15) is 53.5 Å². The van der Waals surface area contributed by atoms with Crippen LogP contribution in [-0.4, -0.2) is 46.4 Å². The zero-order valence-electron chi connectivity index (χ0n) is 16.5. The van der Waals surface area contributed by atoms with Crippen LogP contribution in [0.25, 0.3) is 0 Å². The number of carbonyl (C=O) groups is 2. The van der Waals surface area contributed by atoms with Crippen molar-refractivity contribution in [1.29, 1.82) is 0 Å². The molecule has 26 heavy (non-hydrogen) atoms. The topological polar surface area (TPSA) is 80.8 Å². The molecule has 2 amide bonds. The second-order valence-electron chi connectivity index (χ2n) is 8.60. The van der Waals surface area contributed by atoms with Gasteiger partial charge in [0.1, 0.15) is 11.2 Å². The fraction of sp³-hybridized carbons (Fsp3) is 0.632. The average Bonchev–Trinajstić information content (AvgIpc) is 2.90. The normalized spacial score (nSPS) is 20.6. The van der Waals surface area contributed by atoms with Crippen LogP contribution in [0.4, 0.5) is 9.59 Å². The molecule has 0 saturated carbocycles. The molecule has 7 nitrogen and oxygen atoms in total. The van der Waals surface area contributed by atoms with Gasteiger partial charge in [-0.1, -0.05) is 6.07 Å². The molecule has 1 aromatic heterocycles. The van der Waals surface area contributed by atoms with Crippen molar-refractivity contribution in [3.05, 3.63) is 30.1 Å². The number of carbonyl (C=O) groups excluding carboxylic acids is 2. The van der Waals surface area contributed by atoms with E-state index in [-0.39, 0.29) is 0 Å². The second-order valence-corrected chi connectivity index (χ2v) is 8.60. The molecule has 7 heteroatoms. The van der Waals surface area contributed by atoms with Crippen molar-refractivity contribution in [1.82, 2.24) is 15.2 Å². The molecule has 0 spiro atoms. The van der Waals surface area contributed by atoms with Gasteiger partial charge >= 0.3 is 12.2 Å². The molecule has 0 aliphatic carbocycles. The Morgan fingerprint density at radius 3 is 2.35 bits per heavy atom. The predicted molar refractivity (Wildman–Crippen MR) is 97.7 cm³/mol. The highest BCUT2D eigenvalue weighted by Gasteiger charge is 2.44. The van der Waals surface area contributed by atoms with E-state index in [2.05, 4.69) is 10.3 Å². The Bertz CT molecular complexity index is 649. The molecule has 1 aliphatic heterocycles. The van der Waals surface area contributed by atoms with Gasteiger partial charge in [0.2, 0.25) is 0 Å². The van der Waals surface area contributed by atoms with Gasteiger partial charge in [0.25, 0.3) is 0 Å². The molecule has 1 atom stereocenters. The Hall–Kier alpha value is -2.31.